The number of aliphatic hydroxyl groups is 1. The van der Waals surface area contributed by atoms with E-state index in [0.29, 0.717) is 56.9 Å². The third kappa shape index (κ3) is 4.50. The van der Waals surface area contributed by atoms with Gasteiger partial charge in [0.15, 0.2) is 5.82 Å². The molecule has 32 heavy (non-hydrogen) atoms. The van der Waals surface area contributed by atoms with Crippen LogP contribution in [0.5, 0.6) is 5.88 Å². The van der Waals surface area contributed by atoms with Crippen molar-refractivity contribution in [2.75, 3.05) is 18.5 Å². The van der Waals surface area contributed by atoms with E-state index in [2.05, 4.69) is 25.5 Å². The third-order valence-electron chi connectivity index (χ3n) is 4.61. The lowest BCUT2D eigenvalue weighted by Gasteiger charge is -2.12. The first kappa shape index (κ1) is 21.9. The zero-order valence-corrected chi connectivity index (χ0v) is 18.4. The number of benzene rings is 1. The minimum absolute atomic E-state index is 0.0434. The lowest BCUT2D eigenvalue weighted by atomic mass is 10.1. The monoisotopic (exact) mass is 472 g/mol. The number of nitrogens with one attached hydrogen (secondary N) is 1. The van der Waals surface area contributed by atoms with Gasteiger partial charge in [-0.3, -0.25) is 9.36 Å². The molecule has 0 amide bonds. The molecule has 4 rings (SSSR count). The molecule has 164 valence electrons. The molecule has 0 atom stereocenters. The lowest BCUT2D eigenvalue weighted by Crippen LogP contribution is -2.20. The van der Waals surface area contributed by atoms with Crippen LogP contribution in [0.2, 0.25) is 10.0 Å². The molecule has 0 saturated carbocycles. The number of fused-ring (bicyclic) bond motifs is 1. The first-order valence-corrected chi connectivity index (χ1v) is 10.4. The second kappa shape index (κ2) is 9.47. The van der Waals surface area contributed by atoms with Crippen molar-refractivity contribution in [1.82, 2.24) is 24.7 Å². The number of aromatic nitrogens is 5. The van der Waals surface area contributed by atoms with Gasteiger partial charge in [-0.25, -0.2) is 4.98 Å². The molecule has 0 bridgehead atoms. The van der Waals surface area contributed by atoms with E-state index < -0.39 is 0 Å². The molecule has 0 unspecified atom stereocenters. The second-order valence-corrected chi connectivity index (χ2v) is 7.61. The van der Waals surface area contributed by atoms with Crippen LogP contribution in [0.4, 0.5) is 11.8 Å². The van der Waals surface area contributed by atoms with Crippen LogP contribution in [0.3, 0.4) is 0 Å². The van der Waals surface area contributed by atoms with Crippen LogP contribution in [0.15, 0.2) is 47.4 Å². The predicted octanol–water partition coefficient (Wildman–Crippen LogP) is 3.60. The number of nitrogens with zero attached hydrogens (tertiary/aromatic N) is 5. The van der Waals surface area contributed by atoms with Gasteiger partial charge in [0.2, 0.25) is 11.8 Å². The maximum absolute atomic E-state index is 13.0. The summed E-state index contributed by atoms with van der Waals surface area (Å²) in [4.78, 5) is 21.8. The molecule has 3 aromatic heterocycles. The highest BCUT2D eigenvalue weighted by Crippen LogP contribution is 2.33. The van der Waals surface area contributed by atoms with Gasteiger partial charge in [0, 0.05) is 43.3 Å². The number of hydrogen-bond acceptors (Lipinski definition) is 8. The lowest BCUT2D eigenvalue weighted by molar-refractivity contribution is 0.228. The van der Waals surface area contributed by atoms with Crippen molar-refractivity contribution in [2.45, 2.75) is 6.42 Å². The van der Waals surface area contributed by atoms with Gasteiger partial charge >= 0.3 is 0 Å². The predicted molar refractivity (Wildman–Crippen MR) is 123 cm³/mol. The highest BCUT2D eigenvalue weighted by molar-refractivity contribution is 6.39. The highest BCUT2D eigenvalue weighted by atomic mass is 35.5. The Morgan fingerprint density at radius 1 is 1.16 bits per heavy atom. The zero-order chi connectivity index (χ0) is 22.7. The maximum Gasteiger partial charge on any atom is 0.259 e. The summed E-state index contributed by atoms with van der Waals surface area (Å²) in [5.41, 5.74) is 0.970. The fourth-order valence-electron chi connectivity index (χ4n) is 3.06. The van der Waals surface area contributed by atoms with Crippen LogP contribution in [0.25, 0.3) is 22.2 Å². The van der Waals surface area contributed by atoms with Crippen molar-refractivity contribution < 1.29 is 9.84 Å². The topological polar surface area (TPSA) is 115 Å². The van der Waals surface area contributed by atoms with E-state index in [1.54, 1.807) is 49.6 Å². The maximum atomic E-state index is 13.0. The van der Waals surface area contributed by atoms with E-state index in [9.17, 15) is 4.79 Å². The van der Waals surface area contributed by atoms with Crippen molar-refractivity contribution in [3.8, 4) is 17.0 Å². The summed E-state index contributed by atoms with van der Waals surface area (Å²) < 4.78 is 6.77. The van der Waals surface area contributed by atoms with Crippen LogP contribution >= 0.6 is 23.2 Å². The molecule has 9 nitrogen and oxygen atoms in total. The van der Waals surface area contributed by atoms with E-state index in [0.717, 1.165) is 0 Å². The number of halogens is 2. The summed E-state index contributed by atoms with van der Waals surface area (Å²) in [7, 11) is 1.62. The molecule has 0 aliphatic heterocycles. The Balaban J connectivity index is 1.64. The van der Waals surface area contributed by atoms with Gasteiger partial charge in [-0.2, -0.15) is 4.98 Å². The minimum Gasteiger partial charge on any atom is -0.477 e. The fraction of sp³-hybridized carbons (Fsp3) is 0.190. The number of pyridine rings is 1. The molecule has 11 heteroatoms. The Bertz CT molecular complexity index is 1310. The molecule has 2 N–H and O–H groups in total. The number of rotatable bonds is 7. The molecule has 0 spiro atoms. The Hall–Kier alpha value is -3.27. The van der Waals surface area contributed by atoms with Gasteiger partial charge in [-0.05, 0) is 24.3 Å². The summed E-state index contributed by atoms with van der Waals surface area (Å²) in [6.07, 6.45) is 2.11. The first-order chi connectivity index (χ1) is 15.5. The molecule has 0 fully saturated rings. The van der Waals surface area contributed by atoms with Gasteiger partial charge in [-0.15, -0.1) is 10.2 Å². The van der Waals surface area contributed by atoms with E-state index in [-0.39, 0.29) is 18.1 Å². The van der Waals surface area contributed by atoms with Crippen LogP contribution in [0.1, 0.15) is 6.42 Å². The Morgan fingerprint density at radius 3 is 2.62 bits per heavy atom. The summed E-state index contributed by atoms with van der Waals surface area (Å²) in [6.45, 7) is 0.392. The van der Waals surface area contributed by atoms with Gasteiger partial charge in [0.25, 0.3) is 5.56 Å². The quantitative estimate of drug-likeness (QED) is 0.392. The minimum atomic E-state index is -0.290. The van der Waals surface area contributed by atoms with E-state index in [4.69, 9.17) is 33.0 Å². The highest BCUT2D eigenvalue weighted by Gasteiger charge is 2.16. The van der Waals surface area contributed by atoms with Gasteiger partial charge in [0.1, 0.15) is 5.65 Å². The Labute approximate surface area is 192 Å². The largest absolute Gasteiger partial charge is 0.477 e. The molecule has 0 saturated heterocycles. The molecule has 0 aliphatic carbocycles. The average molecular weight is 473 g/mol. The number of aryl methyl sites for hydroxylation is 1. The van der Waals surface area contributed by atoms with Gasteiger partial charge in [0.05, 0.1) is 22.2 Å². The number of anilines is 2. The molecule has 0 aliphatic rings. The van der Waals surface area contributed by atoms with Crippen molar-refractivity contribution in [1.29, 1.82) is 0 Å². The van der Waals surface area contributed by atoms with E-state index in [1.807, 2.05) is 0 Å². The molecular weight excluding hydrogens is 455 g/mol. The van der Waals surface area contributed by atoms with Crippen LogP contribution in [-0.4, -0.2) is 43.1 Å². The zero-order valence-electron chi connectivity index (χ0n) is 16.9. The second-order valence-electron chi connectivity index (χ2n) is 6.80. The number of hydrogen-bond donors (Lipinski definition) is 2. The summed E-state index contributed by atoms with van der Waals surface area (Å²) in [5.74, 6) is 0.999. The van der Waals surface area contributed by atoms with Crippen molar-refractivity contribution >= 4 is 46.0 Å². The smallest absolute Gasteiger partial charge is 0.259 e. The Morgan fingerprint density at radius 2 is 1.94 bits per heavy atom. The third-order valence-corrected chi connectivity index (χ3v) is 5.24. The van der Waals surface area contributed by atoms with Crippen molar-refractivity contribution in [3.63, 3.8) is 0 Å². The number of ether oxygens (including phenoxy) is 1. The fourth-order valence-corrected chi connectivity index (χ4v) is 3.66. The summed E-state index contributed by atoms with van der Waals surface area (Å²) in [5, 5.41) is 21.1. The molecular formula is C21H18Cl2N6O3. The number of aliphatic hydroxyl groups excluding tert-OH is 1. The van der Waals surface area contributed by atoms with Crippen LogP contribution < -0.4 is 15.6 Å². The molecule has 3 heterocycles. The van der Waals surface area contributed by atoms with Gasteiger partial charge < -0.3 is 15.2 Å². The SMILES string of the molecule is Cn1c(=O)c(-c2c(Cl)cccc2Cl)cc2cnc(Nc3ccc(OCCCO)nn3)nc21. The first-order valence-electron chi connectivity index (χ1n) is 9.63. The normalized spacial score (nSPS) is 11.0. The molecule has 0 radical (unpaired) electrons. The van der Waals surface area contributed by atoms with Crippen molar-refractivity contribution in [3.05, 3.63) is 63.0 Å². The van der Waals surface area contributed by atoms with Crippen LogP contribution in [0, 0.1) is 0 Å². The summed E-state index contributed by atoms with van der Waals surface area (Å²) in [6, 6.07) is 10.1. The van der Waals surface area contributed by atoms with Gasteiger partial charge in [-0.1, -0.05) is 29.3 Å². The Kier molecular flexibility index (Phi) is 6.50. The average Bonchev–Trinajstić information content (AvgIpc) is 2.78. The van der Waals surface area contributed by atoms with Crippen LogP contribution in [-0.2, 0) is 7.05 Å². The molecule has 4 aromatic rings. The van der Waals surface area contributed by atoms with E-state index >= 15 is 0 Å². The van der Waals surface area contributed by atoms with E-state index in [1.165, 1.54) is 4.57 Å². The standard InChI is InChI=1S/C21H18Cl2N6O3/c1-29-19-12(10-13(20(29)31)18-14(22)4-2-5-15(18)23)11-24-21(26-19)25-16-6-7-17(28-27-16)32-9-3-8-30/h2,4-7,10-11,30H,3,8-9H2,1H3,(H,24,25,26,27). The van der Waals surface area contributed by atoms with Crippen molar-refractivity contribution in [2.24, 2.45) is 7.05 Å². The summed E-state index contributed by atoms with van der Waals surface area (Å²) >= 11 is 12.6. The molecule has 1 aromatic carbocycles.